The summed E-state index contributed by atoms with van der Waals surface area (Å²) in [6, 6.07) is 9.30. The number of thioether (sulfide) groups is 1. The molecular formula is C15H22ClNO3S. The number of nitrogens with one attached hydrogen (secondary N) is 1. The summed E-state index contributed by atoms with van der Waals surface area (Å²) in [5.41, 5.74) is -0.576. The predicted octanol–water partition coefficient (Wildman–Crippen LogP) is 3.27. The molecule has 0 saturated heterocycles. The van der Waals surface area contributed by atoms with Crippen LogP contribution >= 0.6 is 23.4 Å². The molecule has 0 radical (unpaired) electrons. The SMILES string of the molecule is CC(C)(C)OC(=O)N[C@@H](CSc1ccccc1)[C@@H](O)CCl. The molecule has 6 heteroatoms. The first-order valence-electron chi connectivity index (χ1n) is 6.73. The average Bonchev–Trinajstić information content (AvgIpc) is 2.41. The zero-order valence-electron chi connectivity index (χ0n) is 12.5. The molecule has 1 amide bonds. The molecule has 0 unspecified atom stereocenters. The molecule has 2 N–H and O–H groups in total. The molecule has 0 aliphatic carbocycles. The molecule has 0 spiro atoms. The zero-order valence-corrected chi connectivity index (χ0v) is 14.1. The maximum absolute atomic E-state index is 11.8. The third kappa shape index (κ3) is 7.60. The summed E-state index contributed by atoms with van der Waals surface area (Å²) in [5.74, 6) is 0.562. The number of alkyl carbamates (subject to hydrolysis) is 1. The van der Waals surface area contributed by atoms with Gasteiger partial charge in [-0.05, 0) is 32.9 Å². The van der Waals surface area contributed by atoms with Crippen LogP contribution in [0.4, 0.5) is 4.79 Å². The lowest BCUT2D eigenvalue weighted by atomic mass is 10.2. The number of benzene rings is 1. The van der Waals surface area contributed by atoms with Gasteiger partial charge in [0.1, 0.15) is 5.60 Å². The first-order valence-corrected chi connectivity index (χ1v) is 8.25. The molecule has 1 rings (SSSR count). The number of hydrogen-bond donors (Lipinski definition) is 2. The lowest BCUT2D eigenvalue weighted by Crippen LogP contribution is -2.47. The lowest BCUT2D eigenvalue weighted by molar-refractivity contribution is 0.0455. The Bertz CT molecular complexity index is 436. The van der Waals surface area contributed by atoms with Gasteiger partial charge in [-0.1, -0.05) is 18.2 Å². The first kappa shape index (κ1) is 18.1. The largest absolute Gasteiger partial charge is 0.444 e. The van der Waals surface area contributed by atoms with Gasteiger partial charge in [-0.2, -0.15) is 0 Å². The van der Waals surface area contributed by atoms with Crippen molar-refractivity contribution < 1.29 is 14.6 Å². The number of carbonyl (C=O) groups excluding carboxylic acids is 1. The van der Waals surface area contributed by atoms with Gasteiger partial charge in [-0.15, -0.1) is 23.4 Å². The number of carbonyl (C=O) groups is 1. The molecule has 0 fully saturated rings. The van der Waals surface area contributed by atoms with Crippen LogP contribution in [0.2, 0.25) is 0 Å². The van der Waals surface area contributed by atoms with E-state index in [1.807, 2.05) is 30.3 Å². The van der Waals surface area contributed by atoms with Crippen LogP contribution in [0.1, 0.15) is 20.8 Å². The number of rotatable bonds is 6. The Balaban J connectivity index is 2.58. The van der Waals surface area contributed by atoms with Gasteiger partial charge in [0.25, 0.3) is 0 Å². The van der Waals surface area contributed by atoms with E-state index in [0.717, 1.165) is 4.90 Å². The molecule has 1 aromatic carbocycles. The van der Waals surface area contributed by atoms with Crippen molar-refractivity contribution in [2.24, 2.45) is 0 Å². The molecule has 0 aromatic heterocycles. The van der Waals surface area contributed by atoms with E-state index < -0.39 is 23.8 Å². The van der Waals surface area contributed by atoms with Crippen molar-refractivity contribution in [2.75, 3.05) is 11.6 Å². The Morgan fingerprint density at radius 1 is 1.38 bits per heavy atom. The van der Waals surface area contributed by atoms with Gasteiger partial charge in [-0.25, -0.2) is 4.79 Å². The molecule has 0 heterocycles. The van der Waals surface area contributed by atoms with Gasteiger partial charge in [0.2, 0.25) is 0 Å². The number of alkyl halides is 1. The minimum Gasteiger partial charge on any atom is -0.444 e. The summed E-state index contributed by atoms with van der Waals surface area (Å²) < 4.78 is 5.20. The summed E-state index contributed by atoms with van der Waals surface area (Å²) in [6.45, 7) is 5.37. The van der Waals surface area contributed by atoms with E-state index in [4.69, 9.17) is 16.3 Å². The van der Waals surface area contributed by atoms with Gasteiger partial charge in [-0.3, -0.25) is 0 Å². The normalized spacial score (nSPS) is 14.3. The molecule has 21 heavy (non-hydrogen) atoms. The van der Waals surface area contributed by atoms with E-state index in [9.17, 15) is 9.90 Å². The van der Waals surface area contributed by atoms with Crippen LogP contribution in [-0.2, 0) is 4.74 Å². The topological polar surface area (TPSA) is 58.6 Å². The minimum absolute atomic E-state index is 0.0514. The van der Waals surface area contributed by atoms with Crippen molar-refractivity contribution in [2.45, 2.75) is 43.4 Å². The Hall–Kier alpha value is -0.910. The summed E-state index contributed by atoms with van der Waals surface area (Å²) in [6.07, 6.45) is -1.37. The fraction of sp³-hybridized carbons (Fsp3) is 0.533. The Morgan fingerprint density at radius 2 is 2.00 bits per heavy atom. The van der Waals surface area contributed by atoms with Crippen LogP contribution in [0.15, 0.2) is 35.2 Å². The smallest absolute Gasteiger partial charge is 0.407 e. The van der Waals surface area contributed by atoms with E-state index >= 15 is 0 Å². The van der Waals surface area contributed by atoms with Crippen LogP contribution in [-0.4, -0.2) is 40.6 Å². The van der Waals surface area contributed by atoms with Gasteiger partial charge in [0.15, 0.2) is 0 Å². The number of aliphatic hydroxyl groups is 1. The fourth-order valence-corrected chi connectivity index (χ4v) is 2.76. The van der Waals surface area contributed by atoms with E-state index in [1.165, 1.54) is 0 Å². The van der Waals surface area contributed by atoms with E-state index in [1.54, 1.807) is 32.5 Å². The highest BCUT2D eigenvalue weighted by Gasteiger charge is 2.24. The molecule has 0 aliphatic heterocycles. The van der Waals surface area contributed by atoms with Gasteiger partial charge in [0.05, 0.1) is 18.0 Å². The van der Waals surface area contributed by atoms with Crippen molar-refractivity contribution in [3.63, 3.8) is 0 Å². The van der Waals surface area contributed by atoms with Crippen molar-refractivity contribution >= 4 is 29.5 Å². The third-order valence-corrected chi connectivity index (χ3v) is 3.94. The summed E-state index contributed by atoms with van der Waals surface area (Å²) in [7, 11) is 0. The average molecular weight is 332 g/mol. The second-order valence-corrected chi connectivity index (χ2v) is 7.00. The molecule has 0 saturated carbocycles. The second kappa shape index (κ2) is 8.51. The quantitative estimate of drug-likeness (QED) is 0.620. The second-order valence-electron chi connectivity index (χ2n) is 5.60. The minimum atomic E-state index is -0.824. The van der Waals surface area contributed by atoms with Gasteiger partial charge < -0.3 is 15.2 Å². The van der Waals surface area contributed by atoms with Crippen LogP contribution in [0.3, 0.4) is 0 Å². The van der Waals surface area contributed by atoms with Crippen molar-refractivity contribution in [3.8, 4) is 0 Å². The zero-order chi connectivity index (χ0) is 15.9. The molecular weight excluding hydrogens is 310 g/mol. The maximum atomic E-state index is 11.8. The number of aliphatic hydroxyl groups excluding tert-OH is 1. The van der Waals surface area contributed by atoms with Crippen molar-refractivity contribution in [1.82, 2.24) is 5.32 Å². The summed E-state index contributed by atoms with van der Waals surface area (Å²) >= 11 is 7.24. The summed E-state index contributed by atoms with van der Waals surface area (Å²) in [4.78, 5) is 12.9. The Labute approximate surface area is 135 Å². The Kier molecular flexibility index (Phi) is 7.35. The summed E-state index contributed by atoms with van der Waals surface area (Å²) in [5, 5.41) is 12.6. The molecule has 0 bridgehead atoms. The fourth-order valence-electron chi connectivity index (χ4n) is 1.52. The van der Waals surface area contributed by atoms with E-state index in [0.29, 0.717) is 5.75 Å². The highest BCUT2D eigenvalue weighted by Crippen LogP contribution is 2.19. The standard InChI is InChI=1S/C15H22ClNO3S/c1-15(2,3)20-14(19)17-12(13(18)9-16)10-21-11-7-5-4-6-8-11/h4-8,12-13,18H,9-10H2,1-3H3,(H,17,19)/t12-,13-/m0/s1. The van der Waals surface area contributed by atoms with Crippen LogP contribution in [0.25, 0.3) is 0 Å². The van der Waals surface area contributed by atoms with Gasteiger partial charge >= 0.3 is 6.09 Å². The highest BCUT2D eigenvalue weighted by atomic mass is 35.5. The van der Waals surface area contributed by atoms with Crippen LogP contribution in [0, 0.1) is 0 Å². The van der Waals surface area contributed by atoms with Gasteiger partial charge in [0, 0.05) is 10.6 Å². The number of hydrogen-bond acceptors (Lipinski definition) is 4. The lowest BCUT2D eigenvalue weighted by Gasteiger charge is -2.25. The van der Waals surface area contributed by atoms with Crippen LogP contribution < -0.4 is 5.32 Å². The van der Waals surface area contributed by atoms with Crippen molar-refractivity contribution in [3.05, 3.63) is 30.3 Å². The van der Waals surface area contributed by atoms with Crippen molar-refractivity contribution in [1.29, 1.82) is 0 Å². The third-order valence-electron chi connectivity index (χ3n) is 2.50. The maximum Gasteiger partial charge on any atom is 0.407 e. The first-order chi connectivity index (χ1) is 9.81. The monoisotopic (exact) mass is 331 g/mol. The number of halogens is 1. The molecule has 2 atom stereocenters. The molecule has 0 aliphatic rings. The molecule has 4 nitrogen and oxygen atoms in total. The van der Waals surface area contributed by atoms with Crippen LogP contribution in [0.5, 0.6) is 0 Å². The molecule has 1 aromatic rings. The van der Waals surface area contributed by atoms with E-state index in [-0.39, 0.29) is 5.88 Å². The van der Waals surface area contributed by atoms with E-state index in [2.05, 4.69) is 5.32 Å². The predicted molar refractivity (Wildman–Crippen MR) is 87.1 cm³/mol. The number of amides is 1. The number of ether oxygens (including phenoxy) is 1. The molecule has 118 valence electrons. The Morgan fingerprint density at radius 3 is 2.52 bits per heavy atom. The highest BCUT2D eigenvalue weighted by molar-refractivity contribution is 7.99.